The summed E-state index contributed by atoms with van der Waals surface area (Å²) in [5.74, 6) is 1.13. The van der Waals surface area contributed by atoms with Gasteiger partial charge in [-0.25, -0.2) is 4.98 Å². The van der Waals surface area contributed by atoms with Gasteiger partial charge in [-0.15, -0.1) is 0 Å². The fraction of sp³-hybridized carbons (Fsp3) is 0.615. The van der Waals surface area contributed by atoms with Gasteiger partial charge in [0.2, 0.25) is 0 Å². The van der Waals surface area contributed by atoms with Crippen LogP contribution in [-0.4, -0.2) is 44.9 Å². The van der Waals surface area contributed by atoms with Gasteiger partial charge in [-0.05, 0) is 25.0 Å². The van der Waals surface area contributed by atoms with E-state index in [0.717, 1.165) is 18.6 Å². The van der Waals surface area contributed by atoms with Gasteiger partial charge < -0.3 is 4.90 Å². The van der Waals surface area contributed by atoms with Crippen LogP contribution in [0.5, 0.6) is 0 Å². The molecule has 2 rings (SSSR count). The lowest BCUT2D eigenvalue weighted by molar-refractivity contribution is 0.0729. The Morgan fingerprint density at radius 2 is 2.33 bits per heavy atom. The van der Waals surface area contributed by atoms with Crippen LogP contribution in [0.25, 0.3) is 0 Å². The molecule has 1 fully saturated rings. The van der Waals surface area contributed by atoms with Gasteiger partial charge in [-0.2, -0.15) is 11.8 Å². The molecular formula is C13H19N3OS. The molecule has 1 aliphatic carbocycles. The second-order valence-electron chi connectivity index (χ2n) is 4.55. The molecular weight excluding hydrogens is 246 g/mol. The van der Waals surface area contributed by atoms with Crippen molar-refractivity contribution < 1.29 is 4.79 Å². The molecule has 0 aliphatic heterocycles. The van der Waals surface area contributed by atoms with Crippen LogP contribution in [0.3, 0.4) is 0 Å². The summed E-state index contributed by atoms with van der Waals surface area (Å²) in [4.78, 5) is 22.1. The molecule has 2 atom stereocenters. The minimum absolute atomic E-state index is 0.0183. The Bertz CT molecular complexity index is 398. The largest absolute Gasteiger partial charge is 0.337 e. The Labute approximate surface area is 112 Å². The smallest absolute Gasteiger partial charge is 0.274 e. The van der Waals surface area contributed by atoms with Crippen molar-refractivity contribution in [2.24, 2.45) is 0 Å². The van der Waals surface area contributed by atoms with Crippen LogP contribution in [0.4, 0.5) is 0 Å². The van der Waals surface area contributed by atoms with Crippen molar-refractivity contribution in [3.8, 4) is 0 Å². The van der Waals surface area contributed by atoms with Gasteiger partial charge in [-0.3, -0.25) is 9.78 Å². The molecule has 0 spiro atoms. The minimum Gasteiger partial charge on any atom is -0.337 e. The summed E-state index contributed by atoms with van der Waals surface area (Å²) >= 11 is 2.00. The highest BCUT2D eigenvalue weighted by atomic mass is 32.2. The van der Waals surface area contributed by atoms with Crippen LogP contribution in [0, 0.1) is 0 Å². The van der Waals surface area contributed by atoms with Crippen LogP contribution in [0.15, 0.2) is 18.6 Å². The molecule has 4 nitrogen and oxygen atoms in total. The van der Waals surface area contributed by atoms with E-state index in [0.29, 0.717) is 17.0 Å². The number of amides is 1. The summed E-state index contributed by atoms with van der Waals surface area (Å²) in [5, 5.41) is 0.706. The van der Waals surface area contributed by atoms with E-state index >= 15 is 0 Å². The summed E-state index contributed by atoms with van der Waals surface area (Å²) in [5.41, 5.74) is 0.437. The maximum absolute atomic E-state index is 12.2. The Kier molecular flexibility index (Phi) is 4.58. The number of rotatable bonds is 4. The molecule has 98 valence electrons. The normalized spacial score (nSPS) is 23.0. The SMILES string of the molecule is CCS[C@H]1CC[C@@H](N(C)C(=O)c2cnccn2)C1. The minimum atomic E-state index is -0.0183. The zero-order valence-corrected chi connectivity index (χ0v) is 11.7. The number of hydrogen-bond acceptors (Lipinski definition) is 4. The first-order chi connectivity index (χ1) is 8.72. The monoisotopic (exact) mass is 265 g/mol. The van der Waals surface area contributed by atoms with Crippen LogP contribution in [0.2, 0.25) is 0 Å². The van der Waals surface area contributed by atoms with Gasteiger partial charge in [0.05, 0.1) is 6.20 Å². The lowest BCUT2D eigenvalue weighted by Gasteiger charge is -2.24. The first kappa shape index (κ1) is 13.3. The first-order valence-electron chi connectivity index (χ1n) is 6.37. The lowest BCUT2D eigenvalue weighted by atomic mass is 10.2. The summed E-state index contributed by atoms with van der Waals surface area (Å²) in [6.45, 7) is 2.19. The van der Waals surface area contributed by atoms with Crippen molar-refractivity contribution in [1.82, 2.24) is 14.9 Å². The van der Waals surface area contributed by atoms with Crippen molar-refractivity contribution in [2.45, 2.75) is 37.5 Å². The van der Waals surface area contributed by atoms with Gasteiger partial charge in [0.15, 0.2) is 0 Å². The number of hydrogen-bond donors (Lipinski definition) is 0. The summed E-state index contributed by atoms with van der Waals surface area (Å²) in [7, 11) is 1.88. The zero-order valence-electron chi connectivity index (χ0n) is 10.9. The predicted molar refractivity (Wildman–Crippen MR) is 73.7 cm³/mol. The maximum Gasteiger partial charge on any atom is 0.274 e. The van der Waals surface area contributed by atoms with Gasteiger partial charge >= 0.3 is 0 Å². The summed E-state index contributed by atoms with van der Waals surface area (Å²) < 4.78 is 0. The highest BCUT2D eigenvalue weighted by Crippen LogP contribution is 2.32. The summed E-state index contributed by atoms with van der Waals surface area (Å²) in [6, 6.07) is 0.351. The van der Waals surface area contributed by atoms with Gasteiger partial charge in [0, 0.05) is 30.7 Å². The molecule has 0 N–H and O–H groups in total. The van der Waals surface area contributed by atoms with Crippen molar-refractivity contribution in [3.05, 3.63) is 24.3 Å². The molecule has 0 aromatic carbocycles. The Morgan fingerprint density at radius 3 is 3.00 bits per heavy atom. The second-order valence-corrected chi connectivity index (χ2v) is 6.13. The van der Waals surface area contributed by atoms with Gasteiger partial charge in [0.25, 0.3) is 5.91 Å². The van der Waals surface area contributed by atoms with E-state index in [4.69, 9.17) is 0 Å². The topological polar surface area (TPSA) is 46.1 Å². The number of carbonyl (C=O) groups excluding carboxylic acids is 1. The molecule has 1 aliphatic rings. The van der Waals surface area contributed by atoms with E-state index in [-0.39, 0.29) is 5.91 Å². The molecule has 1 amide bonds. The number of carbonyl (C=O) groups is 1. The molecule has 0 saturated heterocycles. The molecule has 1 saturated carbocycles. The fourth-order valence-corrected chi connectivity index (χ4v) is 3.54. The van der Waals surface area contributed by atoms with Crippen LogP contribution >= 0.6 is 11.8 Å². The molecule has 0 bridgehead atoms. The highest BCUT2D eigenvalue weighted by Gasteiger charge is 2.30. The van der Waals surface area contributed by atoms with Crippen molar-refractivity contribution in [2.75, 3.05) is 12.8 Å². The second kappa shape index (κ2) is 6.18. The molecule has 18 heavy (non-hydrogen) atoms. The van der Waals surface area contributed by atoms with E-state index < -0.39 is 0 Å². The molecule has 1 aromatic rings. The quantitative estimate of drug-likeness (QED) is 0.837. The van der Waals surface area contributed by atoms with E-state index in [1.54, 1.807) is 12.4 Å². The summed E-state index contributed by atoms with van der Waals surface area (Å²) in [6.07, 6.45) is 8.08. The van der Waals surface area contributed by atoms with Crippen molar-refractivity contribution in [3.63, 3.8) is 0 Å². The molecule has 5 heteroatoms. The molecule has 1 aromatic heterocycles. The molecule has 1 heterocycles. The van der Waals surface area contributed by atoms with Crippen molar-refractivity contribution in [1.29, 1.82) is 0 Å². The Morgan fingerprint density at radius 1 is 1.50 bits per heavy atom. The van der Waals surface area contributed by atoms with Crippen LogP contribution in [-0.2, 0) is 0 Å². The third kappa shape index (κ3) is 3.02. The van der Waals surface area contributed by atoms with Crippen molar-refractivity contribution >= 4 is 17.7 Å². The average Bonchev–Trinajstić information content (AvgIpc) is 2.87. The van der Waals surface area contributed by atoms with Gasteiger partial charge in [0.1, 0.15) is 5.69 Å². The first-order valence-corrected chi connectivity index (χ1v) is 7.42. The average molecular weight is 265 g/mol. The number of nitrogens with zero attached hydrogens (tertiary/aromatic N) is 3. The fourth-order valence-electron chi connectivity index (χ4n) is 2.41. The third-order valence-electron chi connectivity index (χ3n) is 3.41. The van der Waals surface area contributed by atoms with E-state index in [2.05, 4.69) is 16.9 Å². The number of thioether (sulfide) groups is 1. The standard InChI is InChI=1S/C13H19N3OS/c1-3-18-11-5-4-10(8-11)16(2)13(17)12-9-14-6-7-15-12/h6-7,9-11H,3-5,8H2,1-2H3/t10-,11+/m1/s1. The number of aromatic nitrogens is 2. The third-order valence-corrected chi connectivity index (χ3v) is 4.64. The lowest BCUT2D eigenvalue weighted by Crippen LogP contribution is -2.36. The van der Waals surface area contributed by atoms with E-state index in [1.165, 1.54) is 12.6 Å². The van der Waals surface area contributed by atoms with Gasteiger partial charge in [-0.1, -0.05) is 6.92 Å². The van der Waals surface area contributed by atoms with E-state index in [9.17, 15) is 4.79 Å². The zero-order chi connectivity index (χ0) is 13.0. The Balaban J connectivity index is 1.96. The Hall–Kier alpha value is -1.10. The predicted octanol–water partition coefficient (Wildman–Crippen LogP) is 2.22. The van der Waals surface area contributed by atoms with Crippen LogP contribution < -0.4 is 0 Å². The maximum atomic E-state index is 12.2. The van der Waals surface area contributed by atoms with Crippen LogP contribution in [0.1, 0.15) is 36.7 Å². The molecule has 0 radical (unpaired) electrons. The molecule has 0 unspecified atom stereocenters. The van der Waals surface area contributed by atoms with E-state index in [1.807, 2.05) is 23.7 Å². The highest BCUT2D eigenvalue weighted by molar-refractivity contribution is 7.99.